The molecule has 2 rings (SSSR count). The molecule has 0 amide bonds. The highest BCUT2D eigenvalue weighted by atomic mass is 16.5. The Morgan fingerprint density at radius 1 is 1.11 bits per heavy atom. The van der Waals surface area contributed by atoms with Crippen molar-refractivity contribution in [2.24, 2.45) is 17.3 Å². The molecular formula is C25H39NO2. The summed E-state index contributed by atoms with van der Waals surface area (Å²) in [6, 6.07) is 4.20. The second-order valence-electron chi connectivity index (χ2n) is 10.6. The van der Waals surface area contributed by atoms with Crippen LogP contribution in [0.15, 0.2) is 18.3 Å². The van der Waals surface area contributed by atoms with Crippen molar-refractivity contribution >= 4 is 0 Å². The minimum Gasteiger partial charge on any atom is -0.373 e. The minimum atomic E-state index is -0.137. The van der Waals surface area contributed by atoms with Crippen LogP contribution in [0.25, 0.3) is 0 Å². The van der Waals surface area contributed by atoms with E-state index in [4.69, 9.17) is 9.47 Å². The third kappa shape index (κ3) is 9.22. The van der Waals surface area contributed by atoms with Gasteiger partial charge in [-0.05, 0) is 88.2 Å². The summed E-state index contributed by atoms with van der Waals surface area (Å²) in [6.45, 7) is 16.1. The van der Waals surface area contributed by atoms with Crippen LogP contribution in [0.3, 0.4) is 0 Å². The summed E-state index contributed by atoms with van der Waals surface area (Å²) in [5, 5.41) is 0. The Balaban J connectivity index is 1.67. The number of ether oxygens (including phenoxy) is 2. The molecule has 1 atom stereocenters. The molecule has 156 valence electrons. The number of hydrogen-bond acceptors (Lipinski definition) is 3. The van der Waals surface area contributed by atoms with E-state index < -0.39 is 0 Å². The van der Waals surface area contributed by atoms with Gasteiger partial charge in [-0.3, -0.25) is 0 Å². The van der Waals surface area contributed by atoms with Crippen molar-refractivity contribution in [1.29, 1.82) is 0 Å². The first-order valence-corrected chi connectivity index (χ1v) is 10.7. The highest BCUT2D eigenvalue weighted by Crippen LogP contribution is 2.42. The zero-order valence-corrected chi connectivity index (χ0v) is 19.0. The van der Waals surface area contributed by atoms with Gasteiger partial charge in [-0.25, -0.2) is 4.98 Å². The predicted molar refractivity (Wildman–Crippen MR) is 116 cm³/mol. The van der Waals surface area contributed by atoms with Crippen molar-refractivity contribution in [3.8, 4) is 11.8 Å². The van der Waals surface area contributed by atoms with Crippen molar-refractivity contribution in [2.75, 3.05) is 13.2 Å². The molecule has 0 N–H and O–H groups in total. The molecule has 1 heterocycles. The van der Waals surface area contributed by atoms with Crippen molar-refractivity contribution in [3.05, 3.63) is 29.6 Å². The standard InChI is InChI=1S/C25H39NO2/c1-19(18-28-25(5,6)7)27-12-8-9-23-11-10-20(17-26-23)13-21-14-22(15-21)16-24(2,3)4/h10-11,17,19,21-22H,12-16,18H2,1-7H3. The van der Waals surface area contributed by atoms with E-state index in [2.05, 4.69) is 43.7 Å². The van der Waals surface area contributed by atoms with E-state index in [1.807, 2.05) is 40.0 Å². The Kier molecular flexibility index (Phi) is 8.10. The van der Waals surface area contributed by atoms with Gasteiger partial charge in [0, 0.05) is 6.20 Å². The van der Waals surface area contributed by atoms with Gasteiger partial charge in [0.25, 0.3) is 0 Å². The van der Waals surface area contributed by atoms with Gasteiger partial charge in [-0.2, -0.15) is 0 Å². The molecule has 1 fully saturated rings. The Morgan fingerprint density at radius 2 is 1.82 bits per heavy atom. The third-order valence-electron chi connectivity index (χ3n) is 4.99. The molecule has 0 aliphatic heterocycles. The van der Waals surface area contributed by atoms with E-state index in [0.29, 0.717) is 18.6 Å². The summed E-state index contributed by atoms with van der Waals surface area (Å²) in [5.41, 5.74) is 2.46. The highest BCUT2D eigenvalue weighted by molar-refractivity contribution is 5.29. The number of aromatic nitrogens is 1. The van der Waals surface area contributed by atoms with Crippen LogP contribution in [-0.2, 0) is 15.9 Å². The lowest BCUT2D eigenvalue weighted by Gasteiger charge is -2.39. The molecule has 0 spiro atoms. The van der Waals surface area contributed by atoms with Gasteiger partial charge >= 0.3 is 0 Å². The fourth-order valence-corrected chi connectivity index (χ4v) is 3.75. The SMILES string of the molecule is CC(COC(C)(C)C)OCC#Cc1ccc(CC2CC(CC(C)(C)C)C2)cn1. The number of rotatable bonds is 7. The van der Waals surface area contributed by atoms with Gasteiger partial charge in [-0.1, -0.05) is 32.8 Å². The molecule has 1 aromatic heterocycles. The molecule has 1 aliphatic rings. The van der Waals surface area contributed by atoms with Crippen LogP contribution in [0, 0.1) is 29.1 Å². The van der Waals surface area contributed by atoms with Gasteiger partial charge in [0.05, 0.1) is 18.3 Å². The molecule has 0 bridgehead atoms. The van der Waals surface area contributed by atoms with Crippen molar-refractivity contribution in [1.82, 2.24) is 4.98 Å². The van der Waals surface area contributed by atoms with Crippen LogP contribution < -0.4 is 0 Å². The van der Waals surface area contributed by atoms with Gasteiger partial charge in [0.15, 0.2) is 0 Å². The zero-order valence-electron chi connectivity index (χ0n) is 19.0. The fourth-order valence-electron chi connectivity index (χ4n) is 3.75. The van der Waals surface area contributed by atoms with Gasteiger partial charge in [0.1, 0.15) is 12.3 Å². The third-order valence-corrected chi connectivity index (χ3v) is 4.99. The number of nitrogens with zero attached hydrogens (tertiary/aromatic N) is 1. The lowest BCUT2D eigenvalue weighted by Crippen LogP contribution is -2.28. The predicted octanol–water partition coefficient (Wildman–Crippen LogP) is 5.66. The first-order chi connectivity index (χ1) is 13.0. The topological polar surface area (TPSA) is 31.4 Å². The summed E-state index contributed by atoms with van der Waals surface area (Å²) in [7, 11) is 0. The molecule has 3 heteroatoms. The van der Waals surface area contributed by atoms with Gasteiger partial charge in [-0.15, -0.1) is 0 Å². The van der Waals surface area contributed by atoms with E-state index in [9.17, 15) is 0 Å². The molecule has 3 nitrogen and oxygen atoms in total. The number of hydrogen-bond donors (Lipinski definition) is 0. The lowest BCUT2D eigenvalue weighted by molar-refractivity contribution is -0.0604. The largest absolute Gasteiger partial charge is 0.373 e. The highest BCUT2D eigenvalue weighted by Gasteiger charge is 2.31. The molecule has 0 saturated heterocycles. The van der Waals surface area contributed by atoms with Crippen molar-refractivity contribution < 1.29 is 9.47 Å². The maximum Gasteiger partial charge on any atom is 0.113 e. The Bertz CT molecular complexity index is 649. The maximum absolute atomic E-state index is 5.71. The summed E-state index contributed by atoms with van der Waals surface area (Å²) in [4.78, 5) is 4.50. The zero-order chi connectivity index (χ0) is 20.8. The monoisotopic (exact) mass is 385 g/mol. The molecule has 1 aromatic rings. The second kappa shape index (κ2) is 9.90. The Hall–Kier alpha value is -1.37. The molecule has 1 unspecified atom stereocenters. The normalized spacial score (nSPS) is 20.8. The molecule has 28 heavy (non-hydrogen) atoms. The first-order valence-electron chi connectivity index (χ1n) is 10.7. The summed E-state index contributed by atoms with van der Waals surface area (Å²) in [6.07, 6.45) is 7.26. The summed E-state index contributed by atoms with van der Waals surface area (Å²) in [5.74, 6) is 7.88. The quantitative estimate of drug-likeness (QED) is 0.568. The Labute approximate surface area is 172 Å². The van der Waals surface area contributed by atoms with E-state index in [-0.39, 0.29) is 11.7 Å². The van der Waals surface area contributed by atoms with Crippen LogP contribution in [0.4, 0.5) is 0 Å². The van der Waals surface area contributed by atoms with E-state index in [1.165, 1.54) is 24.8 Å². The Morgan fingerprint density at radius 3 is 2.39 bits per heavy atom. The molecular weight excluding hydrogens is 346 g/mol. The van der Waals surface area contributed by atoms with Crippen molar-refractivity contribution in [2.45, 2.75) is 85.9 Å². The summed E-state index contributed by atoms with van der Waals surface area (Å²) >= 11 is 0. The van der Waals surface area contributed by atoms with E-state index in [1.54, 1.807) is 0 Å². The van der Waals surface area contributed by atoms with Gasteiger partial charge in [0.2, 0.25) is 0 Å². The van der Waals surface area contributed by atoms with Crippen LogP contribution in [-0.4, -0.2) is 29.9 Å². The van der Waals surface area contributed by atoms with Crippen LogP contribution >= 0.6 is 0 Å². The molecule has 1 aliphatic carbocycles. The van der Waals surface area contributed by atoms with Crippen LogP contribution in [0.1, 0.15) is 79.0 Å². The van der Waals surface area contributed by atoms with Crippen LogP contribution in [0.5, 0.6) is 0 Å². The van der Waals surface area contributed by atoms with E-state index in [0.717, 1.165) is 24.0 Å². The van der Waals surface area contributed by atoms with Crippen LogP contribution in [0.2, 0.25) is 0 Å². The molecule has 0 radical (unpaired) electrons. The van der Waals surface area contributed by atoms with E-state index >= 15 is 0 Å². The smallest absolute Gasteiger partial charge is 0.113 e. The molecule has 1 saturated carbocycles. The van der Waals surface area contributed by atoms with Crippen molar-refractivity contribution in [3.63, 3.8) is 0 Å². The summed E-state index contributed by atoms with van der Waals surface area (Å²) < 4.78 is 11.4. The maximum atomic E-state index is 5.71. The molecule has 0 aromatic carbocycles. The average molecular weight is 386 g/mol. The number of pyridine rings is 1. The average Bonchev–Trinajstić information content (AvgIpc) is 2.54. The first kappa shape index (κ1) is 22.9. The minimum absolute atomic E-state index is 0.0356. The van der Waals surface area contributed by atoms with Gasteiger partial charge < -0.3 is 9.47 Å². The lowest BCUT2D eigenvalue weighted by atomic mass is 9.67. The second-order valence-corrected chi connectivity index (χ2v) is 10.6. The fraction of sp³-hybridized carbons (Fsp3) is 0.720.